The van der Waals surface area contributed by atoms with Crippen molar-refractivity contribution < 1.29 is 4.79 Å². The normalized spacial score (nSPS) is 10.8. The summed E-state index contributed by atoms with van der Waals surface area (Å²) in [6.07, 6.45) is 2.32. The number of likely N-dealkylation sites (N-methyl/N-ethyl adjacent to an activating group) is 1. The molecule has 0 saturated heterocycles. The average molecular weight is 292 g/mol. The van der Waals surface area contributed by atoms with Gasteiger partial charge in [-0.2, -0.15) is 5.10 Å². The van der Waals surface area contributed by atoms with E-state index >= 15 is 0 Å². The fraction of sp³-hybridized carbons (Fsp3) is 0.333. The molecule has 0 saturated carbocycles. The van der Waals surface area contributed by atoms with Crippen LogP contribution >= 0.6 is 11.6 Å². The molecule has 0 fully saturated rings. The van der Waals surface area contributed by atoms with Crippen molar-refractivity contribution in [1.82, 2.24) is 15.1 Å². The minimum absolute atomic E-state index is 0.0685. The Hall–Kier alpha value is -1.65. The first-order valence-corrected chi connectivity index (χ1v) is 7.05. The van der Waals surface area contributed by atoms with E-state index in [0.717, 1.165) is 18.5 Å². The van der Waals surface area contributed by atoms with Crippen molar-refractivity contribution in [2.75, 3.05) is 13.6 Å². The highest BCUT2D eigenvalue weighted by Crippen LogP contribution is 2.21. The van der Waals surface area contributed by atoms with Gasteiger partial charge in [0, 0.05) is 12.1 Å². The van der Waals surface area contributed by atoms with E-state index in [2.05, 4.69) is 10.4 Å². The number of aryl methyl sites for hydroxylation is 1. The van der Waals surface area contributed by atoms with E-state index in [-0.39, 0.29) is 5.78 Å². The molecule has 0 aliphatic heterocycles. The van der Waals surface area contributed by atoms with Crippen LogP contribution in [0.25, 0.3) is 0 Å². The standard InChI is InChI=1S/C15H18ClN3O/c1-3-19-14(13(16)10-18-19)15(20)12-7-5-4-6-11(12)8-9-17-2/h4-7,10,17H,3,8-9H2,1-2H3. The summed E-state index contributed by atoms with van der Waals surface area (Å²) in [6, 6.07) is 7.64. The van der Waals surface area contributed by atoms with Gasteiger partial charge in [-0.05, 0) is 32.5 Å². The van der Waals surface area contributed by atoms with Gasteiger partial charge < -0.3 is 5.32 Å². The molecular formula is C15H18ClN3O. The SMILES string of the molecule is CCn1ncc(Cl)c1C(=O)c1ccccc1CCNC. The molecule has 1 heterocycles. The number of nitrogens with one attached hydrogen (secondary N) is 1. The molecule has 1 aromatic heterocycles. The Balaban J connectivity index is 2.40. The molecule has 0 amide bonds. The number of nitrogens with zero attached hydrogens (tertiary/aromatic N) is 2. The lowest BCUT2D eigenvalue weighted by Gasteiger charge is -2.10. The van der Waals surface area contributed by atoms with Gasteiger partial charge in [0.25, 0.3) is 0 Å². The molecule has 4 nitrogen and oxygen atoms in total. The average Bonchev–Trinajstić information content (AvgIpc) is 2.85. The maximum atomic E-state index is 12.7. The number of halogens is 1. The molecule has 106 valence electrons. The molecule has 0 atom stereocenters. The summed E-state index contributed by atoms with van der Waals surface area (Å²) in [5, 5.41) is 7.62. The molecule has 0 radical (unpaired) electrons. The van der Waals surface area contributed by atoms with E-state index < -0.39 is 0 Å². The monoisotopic (exact) mass is 291 g/mol. The van der Waals surface area contributed by atoms with Gasteiger partial charge in [0.05, 0.1) is 11.2 Å². The van der Waals surface area contributed by atoms with Gasteiger partial charge in [-0.1, -0.05) is 35.9 Å². The molecule has 0 aliphatic carbocycles. The molecule has 0 bridgehead atoms. The second-order valence-corrected chi connectivity index (χ2v) is 4.90. The van der Waals surface area contributed by atoms with Crippen LogP contribution in [0.3, 0.4) is 0 Å². The minimum Gasteiger partial charge on any atom is -0.319 e. The number of hydrogen-bond acceptors (Lipinski definition) is 3. The third-order valence-electron chi connectivity index (χ3n) is 3.22. The van der Waals surface area contributed by atoms with Crippen molar-refractivity contribution in [3.05, 3.63) is 52.3 Å². The summed E-state index contributed by atoms with van der Waals surface area (Å²) in [7, 11) is 1.90. The Bertz CT molecular complexity index is 607. The molecule has 20 heavy (non-hydrogen) atoms. The Morgan fingerprint density at radius 1 is 1.40 bits per heavy atom. The quantitative estimate of drug-likeness (QED) is 0.832. The van der Waals surface area contributed by atoms with Gasteiger partial charge in [-0.15, -0.1) is 0 Å². The number of hydrogen-bond donors (Lipinski definition) is 1. The highest BCUT2D eigenvalue weighted by molar-refractivity contribution is 6.34. The van der Waals surface area contributed by atoms with Gasteiger partial charge in [0.1, 0.15) is 5.69 Å². The van der Waals surface area contributed by atoms with E-state index in [1.54, 1.807) is 4.68 Å². The number of ketones is 1. The first-order valence-electron chi connectivity index (χ1n) is 6.67. The Kier molecular flexibility index (Phi) is 4.93. The zero-order chi connectivity index (χ0) is 14.5. The third-order valence-corrected chi connectivity index (χ3v) is 3.49. The van der Waals surface area contributed by atoms with E-state index in [0.29, 0.717) is 22.8 Å². The van der Waals surface area contributed by atoms with Crippen molar-refractivity contribution in [2.45, 2.75) is 19.9 Å². The second-order valence-electron chi connectivity index (χ2n) is 4.50. The molecule has 5 heteroatoms. The lowest BCUT2D eigenvalue weighted by Crippen LogP contribution is -2.16. The lowest BCUT2D eigenvalue weighted by atomic mass is 9.99. The molecule has 0 aliphatic rings. The summed E-state index contributed by atoms with van der Waals surface area (Å²) in [6.45, 7) is 3.38. The van der Waals surface area contributed by atoms with E-state index in [1.165, 1.54) is 6.20 Å². The van der Waals surface area contributed by atoms with Gasteiger partial charge in [-0.3, -0.25) is 9.48 Å². The van der Waals surface area contributed by atoms with Crippen LogP contribution in [0.1, 0.15) is 28.5 Å². The van der Waals surface area contributed by atoms with Crippen molar-refractivity contribution in [2.24, 2.45) is 0 Å². The Labute approximate surface area is 123 Å². The van der Waals surface area contributed by atoms with Crippen molar-refractivity contribution >= 4 is 17.4 Å². The first-order chi connectivity index (χ1) is 9.69. The van der Waals surface area contributed by atoms with Crippen molar-refractivity contribution in [3.8, 4) is 0 Å². The molecule has 0 unspecified atom stereocenters. The van der Waals surface area contributed by atoms with Gasteiger partial charge in [-0.25, -0.2) is 0 Å². The summed E-state index contributed by atoms with van der Waals surface area (Å²) >= 11 is 6.11. The third kappa shape index (κ3) is 2.92. The zero-order valence-corrected chi connectivity index (χ0v) is 12.4. The van der Waals surface area contributed by atoms with Crippen LogP contribution in [0, 0.1) is 0 Å². The number of rotatable bonds is 6. The number of benzene rings is 1. The summed E-state index contributed by atoms with van der Waals surface area (Å²) in [5.74, 6) is -0.0685. The molecule has 0 spiro atoms. The zero-order valence-electron chi connectivity index (χ0n) is 11.7. The van der Waals surface area contributed by atoms with Crippen molar-refractivity contribution in [1.29, 1.82) is 0 Å². The van der Waals surface area contributed by atoms with E-state index in [9.17, 15) is 4.79 Å². The van der Waals surface area contributed by atoms with Crippen LogP contribution in [-0.4, -0.2) is 29.2 Å². The largest absolute Gasteiger partial charge is 0.319 e. The van der Waals surface area contributed by atoms with Crippen LogP contribution in [-0.2, 0) is 13.0 Å². The van der Waals surface area contributed by atoms with Crippen LogP contribution in [0.5, 0.6) is 0 Å². The number of carbonyl (C=O) groups excluding carboxylic acids is 1. The number of carbonyl (C=O) groups is 1. The molecule has 1 aromatic carbocycles. The summed E-state index contributed by atoms with van der Waals surface area (Å²) in [5.41, 5.74) is 2.18. The molecule has 2 rings (SSSR count). The fourth-order valence-corrected chi connectivity index (χ4v) is 2.40. The molecular weight excluding hydrogens is 274 g/mol. The van der Waals surface area contributed by atoms with Gasteiger partial charge >= 0.3 is 0 Å². The minimum atomic E-state index is -0.0685. The molecule has 1 N–H and O–H groups in total. The van der Waals surface area contributed by atoms with Crippen LogP contribution in [0.2, 0.25) is 5.02 Å². The lowest BCUT2D eigenvalue weighted by molar-refractivity contribution is 0.102. The predicted octanol–water partition coefficient (Wildman–Crippen LogP) is 2.55. The highest BCUT2D eigenvalue weighted by atomic mass is 35.5. The summed E-state index contributed by atoms with van der Waals surface area (Å²) < 4.78 is 1.64. The van der Waals surface area contributed by atoms with E-state index in [4.69, 9.17) is 11.6 Å². The second kappa shape index (κ2) is 6.68. The van der Waals surface area contributed by atoms with Crippen LogP contribution in [0.15, 0.2) is 30.5 Å². The van der Waals surface area contributed by atoms with Gasteiger partial charge in [0.2, 0.25) is 5.78 Å². The van der Waals surface area contributed by atoms with Crippen molar-refractivity contribution in [3.63, 3.8) is 0 Å². The Morgan fingerprint density at radius 3 is 2.85 bits per heavy atom. The van der Waals surface area contributed by atoms with Crippen LogP contribution in [0.4, 0.5) is 0 Å². The van der Waals surface area contributed by atoms with Gasteiger partial charge in [0.15, 0.2) is 0 Å². The fourth-order valence-electron chi connectivity index (χ4n) is 2.18. The predicted molar refractivity (Wildman–Crippen MR) is 80.4 cm³/mol. The summed E-state index contributed by atoms with van der Waals surface area (Å²) in [4.78, 5) is 12.7. The topological polar surface area (TPSA) is 46.9 Å². The smallest absolute Gasteiger partial charge is 0.212 e. The highest BCUT2D eigenvalue weighted by Gasteiger charge is 2.20. The maximum Gasteiger partial charge on any atom is 0.212 e. The van der Waals surface area contributed by atoms with E-state index in [1.807, 2.05) is 38.2 Å². The first kappa shape index (κ1) is 14.8. The number of aromatic nitrogens is 2. The maximum absolute atomic E-state index is 12.7. The van der Waals surface area contributed by atoms with Crippen LogP contribution < -0.4 is 5.32 Å². The Morgan fingerprint density at radius 2 is 2.15 bits per heavy atom. The molecule has 2 aromatic rings.